The summed E-state index contributed by atoms with van der Waals surface area (Å²) in [5, 5.41) is 16.9. The highest BCUT2D eigenvalue weighted by molar-refractivity contribution is 9.10. The number of nitro groups is 1. The summed E-state index contributed by atoms with van der Waals surface area (Å²) in [4.78, 5) is 14.8. The van der Waals surface area contributed by atoms with Crippen molar-refractivity contribution in [2.75, 3.05) is 17.7 Å². The second kappa shape index (κ2) is 5.87. The number of aryl methyl sites for hydroxylation is 1. The molecule has 0 aliphatic rings. The van der Waals surface area contributed by atoms with Crippen LogP contribution in [0.15, 0.2) is 34.8 Å². The summed E-state index contributed by atoms with van der Waals surface area (Å²) in [6.07, 6.45) is 0. The van der Waals surface area contributed by atoms with Crippen LogP contribution in [0.4, 0.5) is 23.0 Å². The lowest BCUT2D eigenvalue weighted by Crippen LogP contribution is -2.02. The number of pyridine rings is 1. The minimum Gasteiger partial charge on any atom is -0.373 e. The predicted octanol–water partition coefficient (Wildman–Crippen LogP) is 3.85. The van der Waals surface area contributed by atoms with Crippen molar-refractivity contribution in [2.24, 2.45) is 0 Å². The number of hydrogen-bond acceptors (Lipinski definition) is 5. The van der Waals surface area contributed by atoms with Crippen molar-refractivity contribution < 1.29 is 4.92 Å². The van der Waals surface area contributed by atoms with Gasteiger partial charge in [-0.25, -0.2) is 4.98 Å². The molecule has 6 nitrogen and oxygen atoms in total. The Kier molecular flexibility index (Phi) is 4.19. The third kappa shape index (κ3) is 3.05. The molecular weight excluding hydrogens is 324 g/mol. The fourth-order valence-corrected chi connectivity index (χ4v) is 2.04. The van der Waals surface area contributed by atoms with Gasteiger partial charge in [0.25, 0.3) is 0 Å². The Bertz CT molecular complexity index is 661. The maximum absolute atomic E-state index is 11.1. The standard InChI is InChI=1S/C13H13BrN4O2/c1-8-3-4-9(14)10(7-8)16-13-11(18(19)20)5-6-12(15-2)17-13/h3-7H,1-2H3,(H2,15,16,17). The zero-order valence-corrected chi connectivity index (χ0v) is 12.6. The SMILES string of the molecule is CNc1ccc([N+](=O)[O-])c(Nc2cc(C)ccc2Br)n1. The molecule has 2 aromatic rings. The van der Waals surface area contributed by atoms with Gasteiger partial charge in [-0.05, 0) is 46.6 Å². The largest absolute Gasteiger partial charge is 0.373 e. The van der Waals surface area contributed by atoms with Gasteiger partial charge in [0.1, 0.15) is 5.82 Å². The van der Waals surface area contributed by atoms with Crippen molar-refractivity contribution in [1.82, 2.24) is 4.98 Å². The number of rotatable bonds is 4. The van der Waals surface area contributed by atoms with E-state index in [2.05, 4.69) is 31.5 Å². The summed E-state index contributed by atoms with van der Waals surface area (Å²) in [7, 11) is 1.71. The first kappa shape index (κ1) is 14.3. The molecule has 0 saturated carbocycles. The van der Waals surface area contributed by atoms with Gasteiger partial charge in [-0.1, -0.05) is 6.07 Å². The van der Waals surface area contributed by atoms with Crippen LogP contribution in [0.2, 0.25) is 0 Å². The molecule has 1 aromatic carbocycles. The van der Waals surface area contributed by atoms with Crippen molar-refractivity contribution in [1.29, 1.82) is 0 Å². The lowest BCUT2D eigenvalue weighted by atomic mass is 10.2. The molecule has 0 fully saturated rings. The summed E-state index contributed by atoms with van der Waals surface area (Å²) >= 11 is 3.41. The van der Waals surface area contributed by atoms with E-state index in [1.807, 2.05) is 25.1 Å². The van der Waals surface area contributed by atoms with E-state index in [9.17, 15) is 10.1 Å². The van der Waals surface area contributed by atoms with Crippen molar-refractivity contribution in [3.63, 3.8) is 0 Å². The minimum absolute atomic E-state index is 0.0718. The summed E-state index contributed by atoms with van der Waals surface area (Å²) in [6, 6.07) is 8.70. The molecule has 104 valence electrons. The van der Waals surface area contributed by atoms with Crippen LogP contribution in [0, 0.1) is 17.0 Å². The van der Waals surface area contributed by atoms with Crippen LogP contribution in [0.5, 0.6) is 0 Å². The van der Waals surface area contributed by atoms with Crippen molar-refractivity contribution in [3.8, 4) is 0 Å². The number of aromatic nitrogens is 1. The van der Waals surface area contributed by atoms with Gasteiger partial charge in [0.15, 0.2) is 0 Å². The fraction of sp³-hybridized carbons (Fsp3) is 0.154. The second-order valence-electron chi connectivity index (χ2n) is 4.18. The van der Waals surface area contributed by atoms with Gasteiger partial charge in [0.2, 0.25) is 5.82 Å². The number of hydrogen-bond donors (Lipinski definition) is 2. The normalized spacial score (nSPS) is 10.2. The molecule has 0 aliphatic heterocycles. The number of nitrogens with one attached hydrogen (secondary N) is 2. The van der Waals surface area contributed by atoms with E-state index in [0.717, 1.165) is 15.7 Å². The smallest absolute Gasteiger partial charge is 0.311 e. The third-order valence-electron chi connectivity index (χ3n) is 2.70. The van der Waals surface area contributed by atoms with Gasteiger partial charge in [0.05, 0.1) is 10.6 Å². The monoisotopic (exact) mass is 336 g/mol. The van der Waals surface area contributed by atoms with Crippen LogP contribution in [0.3, 0.4) is 0 Å². The van der Waals surface area contributed by atoms with Gasteiger partial charge in [-0.15, -0.1) is 0 Å². The van der Waals surface area contributed by atoms with Crippen LogP contribution in [-0.2, 0) is 0 Å². The van der Waals surface area contributed by atoms with Gasteiger partial charge in [-0.2, -0.15) is 0 Å². The third-order valence-corrected chi connectivity index (χ3v) is 3.39. The maximum Gasteiger partial charge on any atom is 0.311 e. The van der Waals surface area contributed by atoms with Crippen LogP contribution >= 0.6 is 15.9 Å². The van der Waals surface area contributed by atoms with Gasteiger partial charge in [0, 0.05) is 17.6 Å². The molecule has 0 amide bonds. The van der Waals surface area contributed by atoms with Crippen molar-refractivity contribution in [2.45, 2.75) is 6.92 Å². The Balaban J connectivity index is 2.45. The quantitative estimate of drug-likeness (QED) is 0.654. The molecule has 2 N–H and O–H groups in total. The molecule has 0 saturated heterocycles. The number of nitrogens with zero attached hydrogens (tertiary/aromatic N) is 2. The van der Waals surface area contributed by atoms with E-state index < -0.39 is 4.92 Å². The molecular formula is C13H13BrN4O2. The summed E-state index contributed by atoms with van der Waals surface area (Å²) in [6.45, 7) is 1.95. The van der Waals surface area contributed by atoms with E-state index in [-0.39, 0.29) is 11.5 Å². The highest BCUT2D eigenvalue weighted by Crippen LogP contribution is 2.31. The number of anilines is 3. The lowest BCUT2D eigenvalue weighted by Gasteiger charge is -2.10. The second-order valence-corrected chi connectivity index (χ2v) is 5.03. The van der Waals surface area contributed by atoms with Crippen molar-refractivity contribution in [3.05, 3.63) is 50.5 Å². The predicted molar refractivity (Wildman–Crippen MR) is 82.6 cm³/mol. The molecule has 0 atom stereocenters. The molecule has 0 radical (unpaired) electrons. The Labute approximate surface area is 124 Å². The van der Waals surface area contributed by atoms with E-state index >= 15 is 0 Å². The number of halogens is 1. The molecule has 20 heavy (non-hydrogen) atoms. The van der Waals surface area contributed by atoms with Gasteiger partial charge < -0.3 is 10.6 Å². The first-order valence-electron chi connectivity index (χ1n) is 5.87. The Hall–Kier alpha value is -2.15. The van der Waals surface area contributed by atoms with Crippen LogP contribution in [-0.4, -0.2) is 17.0 Å². The Morgan fingerprint density at radius 2 is 2.05 bits per heavy atom. The molecule has 0 unspecified atom stereocenters. The summed E-state index contributed by atoms with van der Waals surface area (Å²) in [5.41, 5.74) is 1.70. The Morgan fingerprint density at radius 3 is 2.70 bits per heavy atom. The van der Waals surface area contributed by atoms with Crippen molar-refractivity contribution >= 4 is 38.9 Å². The van der Waals surface area contributed by atoms with Crippen LogP contribution in [0.25, 0.3) is 0 Å². The molecule has 2 rings (SSSR count). The van der Waals surface area contributed by atoms with E-state index in [1.54, 1.807) is 13.1 Å². The molecule has 1 aromatic heterocycles. The molecule has 0 spiro atoms. The zero-order valence-electron chi connectivity index (χ0n) is 11.0. The number of benzene rings is 1. The lowest BCUT2D eigenvalue weighted by molar-refractivity contribution is -0.384. The highest BCUT2D eigenvalue weighted by atomic mass is 79.9. The first-order chi connectivity index (χ1) is 9.51. The molecule has 0 bridgehead atoms. The molecule has 7 heteroatoms. The first-order valence-corrected chi connectivity index (χ1v) is 6.67. The van der Waals surface area contributed by atoms with Gasteiger partial charge in [-0.3, -0.25) is 10.1 Å². The van der Waals surface area contributed by atoms with Crippen LogP contribution in [0.1, 0.15) is 5.56 Å². The van der Waals surface area contributed by atoms with Gasteiger partial charge >= 0.3 is 5.69 Å². The van der Waals surface area contributed by atoms with E-state index in [4.69, 9.17) is 0 Å². The average molecular weight is 337 g/mol. The molecule has 0 aliphatic carbocycles. The van der Waals surface area contributed by atoms with Crippen LogP contribution < -0.4 is 10.6 Å². The van der Waals surface area contributed by atoms with E-state index in [0.29, 0.717) is 5.82 Å². The summed E-state index contributed by atoms with van der Waals surface area (Å²) < 4.78 is 0.814. The minimum atomic E-state index is -0.460. The fourth-order valence-electron chi connectivity index (χ4n) is 1.69. The highest BCUT2D eigenvalue weighted by Gasteiger charge is 2.17. The Morgan fingerprint density at radius 1 is 1.30 bits per heavy atom. The topological polar surface area (TPSA) is 80.1 Å². The summed E-state index contributed by atoms with van der Waals surface area (Å²) in [5.74, 6) is 0.759. The van der Waals surface area contributed by atoms with E-state index in [1.165, 1.54) is 6.07 Å². The maximum atomic E-state index is 11.1. The molecule has 1 heterocycles. The zero-order chi connectivity index (χ0) is 14.7. The average Bonchev–Trinajstić information content (AvgIpc) is 2.42.